The second kappa shape index (κ2) is 4.58. The van der Waals surface area contributed by atoms with Gasteiger partial charge in [-0.25, -0.2) is 8.42 Å². The predicted molar refractivity (Wildman–Crippen MR) is 69.2 cm³/mol. The molecule has 92 valence electrons. The van der Waals surface area contributed by atoms with Crippen molar-refractivity contribution in [2.24, 2.45) is 0 Å². The average molecular weight is 271 g/mol. The SMILES string of the molecule is CCS(=O)(=O)CCn1c(=S)[nH]c2cnccc21. The van der Waals surface area contributed by atoms with Crippen LogP contribution in [0, 0.1) is 4.77 Å². The third kappa shape index (κ3) is 2.55. The number of hydrogen-bond acceptors (Lipinski definition) is 4. The molecule has 0 aliphatic carbocycles. The van der Waals surface area contributed by atoms with E-state index in [9.17, 15) is 8.42 Å². The zero-order chi connectivity index (χ0) is 12.5. The molecule has 17 heavy (non-hydrogen) atoms. The van der Waals surface area contributed by atoms with Gasteiger partial charge in [0.05, 0.1) is 23.0 Å². The van der Waals surface area contributed by atoms with Gasteiger partial charge in [-0.1, -0.05) is 6.92 Å². The van der Waals surface area contributed by atoms with Gasteiger partial charge in [-0.15, -0.1) is 0 Å². The smallest absolute Gasteiger partial charge is 0.178 e. The van der Waals surface area contributed by atoms with Gasteiger partial charge in [0.15, 0.2) is 14.6 Å². The highest BCUT2D eigenvalue weighted by atomic mass is 32.2. The molecule has 7 heteroatoms. The van der Waals surface area contributed by atoms with Crippen LogP contribution >= 0.6 is 12.2 Å². The molecule has 0 aliphatic heterocycles. The van der Waals surface area contributed by atoms with E-state index in [0.717, 1.165) is 11.0 Å². The molecule has 2 rings (SSSR count). The Labute approximate surface area is 104 Å². The predicted octanol–water partition coefficient (Wildman–Crippen LogP) is 1.53. The summed E-state index contributed by atoms with van der Waals surface area (Å²) in [5, 5.41) is 0. The van der Waals surface area contributed by atoms with Crippen LogP contribution in [-0.2, 0) is 16.4 Å². The Kier molecular flexibility index (Phi) is 3.30. The molecule has 0 saturated carbocycles. The lowest BCUT2D eigenvalue weighted by Gasteiger charge is -2.04. The summed E-state index contributed by atoms with van der Waals surface area (Å²) in [5.74, 6) is 0.261. The highest BCUT2D eigenvalue weighted by Gasteiger charge is 2.10. The van der Waals surface area contributed by atoms with E-state index < -0.39 is 9.84 Å². The summed E-state index contributed by atoms with van der Waals surface area (Å²) in [6, 6.07) is 1.82. The van der Waals surface area contributed by atoms with Crippen LogP contribution in [0.5, 0.6) is 0 Å². The van der Waals surface area contributed by atoms with Gasteiger partial charge in [0.25, 0.3) is 0 Å². The highest BCUT2D eigenvalue weighted by molar-refractivity contribution is 7.91. The van der Waals surface area contributed by atoms with Gasteiger partial charge in [-0.3, -0.25) is 4.98 Å². The van der Waals surface area contributed by atoms with E-state index in [2.05, 4.69) is 9.97 Å². The molecule has 1 N–H and O–H groups in total. The Morgan fingerprint density at radius 3 is 3.00 bits per heavy atom. The van der Waals surface area contributed by atoms with Crippen molar-refractivity contribution in [1.29, 1.82) is 0 Å². The second-order valence-electron chi connectivity index (χ2n) is 3.71. The summed E-state index contributed by atoms with van der Waals surface area (Å²) >= 11 is 5.16. The second-order valence-corrected chi connectivity index (χ2v) is 6.57. The van der Waals surface area contributed by atoms with Crippen LogP contribution in [0.15, 0.2) is 18.5 Å². The van der Waals surface area contributed by atoms with E-state index in [1.165, 1.54) is 0 Å². The Morgan fingerprint density at radius 1 is 1.53 bits per heavy atom. The minimum absolute atomic E-state index is 0.104. The zero-order valence-corrected chi connectivity index (χ0v) is 11.0. The van der Waals surface area contributed by atoms with Crippen molar-refractivity contribution >= 4 is 33.1 Å². The topological polar surface area (TPSA) is 67.8 Å². The van der Waals surface area contributed by atoms with Gasteiger partial charge >= 0.3 is 0 Å². The maximum atomic E-state index is 11.5. The minimum Gasteiger partial charge on any atom is -0.329 e. The van der Waals surface area contributed by atoms with E-state index in [1.54, 1.807) is 23.9 Å². The number of nitrogens with one attached hydrogen (secondary N) is 1. The van der Waals surface area contributed by atoms with Crippen LogP contribution in [-0.4, -0.2) is 34.5 Å². The summed E-state index contributed by atoms with van der Waals surface area (Å²) < 4.78 is 25.3. The molecular weight excluding hydrogens is 258 g/mol. The number of hydrogen-bond donors (Lipinski definition) is 1. The molecule has 2 aromatic heterocycles. The monoisotopic (exact) mass is 271 g/mol. The number of aryl methyl sites for hydroxylation is 1. The lowest BCUT2D eigenvalue weighted by Crippen LogP contribution is -2.14. The van der Waals surface area contributed by atoms with Crippen molar-refractivity contribution in [3.05, 3.63) is 23.2 Å². The van der Waals surface area contributed by atoms with Crippen molar-refractivity contribution < 1.29 is 8.42 Å². The fourth-order valence-electron chi connectivity index (χ4n) is 1.61. The Balaban J connectivity index is 2.36. The molecule has 2 aromatic rings. The number of aromatic nitrogens is 3. The Morgan fingerprint density at radius 2 is 2.29 bits per heavy atom. The van der Waals surface area contributed by atoms with Crippen molar-refractivity contribution in [3.63, 3.8) is 0 Å². The molecule has 0 atom stereocenters. The minimum atomic E-state index is -2.98. The summed E-state index contributed by atoms with van der Waals surface area (Å²) in [6.45, 7) is 2.02. The largest absolute Gasteiger partial charge is 0.329 e. The third-order valence-corrected chi connectivity index (χ3v) is 4.65. The van der Waals surface area contributed by atoms with Gasteiger partial charge < -0.3 is 9.55 Å². The number of pyridine rings is 1. The number of aromatic amines is 1. The number of H-pyrrole nitrogens is 1. The molecule has 0 amide bonds. The van der Waals surface area contributed by atoms with Crippen molar-refractivity contribution in [2.75, 3.05) is 11.5 Å². The van der Waals surface area contributed by atoms with Gasteiger partial charge in [-0.05, 0) is 18.3 Å². The molecule has 0 radical (unpaired) electrons. The van der Waals surface area contributed by atoms with Gasteiger partial charge in [-0.2, -0.15) is 0 Å². The number of nitrogens with zero attached hydrogens (tertiary/aromatic N) is 2. The molecular formula is C10H13N3O2S2. The first-order valence-electron chi connectivity index (χ1n) is 5.26. The number of imidazole rings is 1. The molecule has 0 aliphatic rings. The maximum Gasteiger partial charge on any atom is 0.178 e. The number of fused-ring (bicyclic) bond motifs is 1. The van der Waals surface area contributed by atoms with Crippen LogP contribution in [0.25, 0.3) is 11.0 Å². The number of rotatable bonds is 4. The molecule has 0 bridgehead atoms. The molecule has 0 unspecified atom stereocenters. The van der Waals surface area contributed by atoms with Gasteiger partial charge in [0.2, 0.25) is 0 Å². The fourth-order valence-corrected chi connectivity index (χ4v) is 2.66. The summed E-state index contributed by atoms with van der Waals surface area (Å²) in [6.07, 6.45) is 3.34. The van der Waals surface area contributed by atoms with E-state index in [0.29, 0.717) is 11.3 Å². The van der Waals surface area contributed by atoms with Crippen LogP contribution in [0.1, 0.15) is 6.92 Å². The molecule has 0 fully saturated rings. The van der Waals surface area contributed by atoms with E-state index in [1.807, 2.05) is 6.07 Å². The molecule has 0 spiro atoms. The fraction of sp³-hybridized carbons (Fsp3) is 0.400. The van der Waals surface area contributed by atoms with Crippen LogP contribution < -0.4 is 0 Å². The maximum absolute atomic E-state index is 11.5. The first kappa shape index (κ1) is 12.3. The first-order chi connectivity index (χ1) is 8.03. The molecule has 5 nitrogen and oxygen atoms in total. The first-order valence-corrected chi connectivity index (χ1v) is 7.49. The van der Waals surface area contributed by atoms with Crippen molar-refractivity contribution in [2.45, 2.75) is 13.5 Å². The highest BCUT2D eigenvalue weighted by Crippen LogP contribution is 2.12. The van der Waals surface area contributed by atoms with E-state index in [4.69, 9.17) is 12.2 Å². The lowest BCUT2D eigenvalue weighted by molar-refractivity contribution is 0.590. The van der Waals surface area contributed by atoms with Crippen LogP contribution in [0.3, 0.4) is 0 Å². The van der Waals surface area contributed by atoms with Crippen molar-refractivity contribution in [3.8, 4) is 0 Å². The summed E-state index contributed by atoms with van der Waals surface area (Å²) in [7, 11) is -2.98. The quantitative estimate of drug-likeness (QED) is 0.856. The Bertz CT molecular complexity index is 685. The van der Waals surface area contributed by atoms with Gasteiger partial charge in [0.1, 0.15) is 0 Å². The van der Waals surface area contributed by atoms with E-state index >= 15 is 0 Å². The standard InChI is InChI=1S/C10H13N3O2S2/c1-2-17(14,15)6-5-13-9-3-4-11-7-8(9)12-10(13)16/h3-4,7H,2,5-6H2,1H3,(H,12,16). The van der Waals surface area contributed by atoms with E-state index in [-0.39, 0.29) is 11.5 Å². The van der Waals surface area contributed by atoms with Gasteiger partial charge in [0, 0.05) is 18.5 Å². The summed E-state index contributed by atoms with van der Waals surface area (Å²) in [4.78, 5) is 6.99. The van der Waals surface area contributed by atoms with Crippen molar-refractivity contribution in [1.82, 2.24) is 14.5 Å². The normalized spacial score (nSPS) is 12.1. The third-order valence-electron chi connectivity index (χ3n) is 2.64. The Hall–Kier alpha value is -1.21. The molecule has 2 heterocycles. The zero-order valence-electron chi connectivity index (χ0n) is 9.38. The summed E-state index contributed by atoms with van der Waals surface area (Å²) in [5.41, 5.74) is 1.71. The van der Waals surface area contributed by atoms with Crippen LogP contribution in [0.2, 0.25) is 0 Å². The lowest BCUT2D eigenvalue weighted by atomic mass is 10.4. The number of sulfone groups is 1. The average Bonchev–Trinajstić information content (AvgIpc) is 2.62. The molecule has 0 saturated heterocycles. The molecule has 0 aromatic carbocycles. The van der Waals surface area contributed by atoms with Crippen LogP contribution in [0.4, 0.5) is 0 Å².